The number of nitro groups is 1. The molecule has 158 valence electrons. The van der Waals surface area contributed by atoms with Crippen LogP contribution in [0.15, 0.2) is 41.5 Å². The quantitative estimate of drug-likeness (QED) is 0.352. The highest BCUT2D eigenvalue weighted by atomic mass is 35.5. The summed E-state index contributed by atoms with van der Waals surface area (Å²) in [5.41, 5.74) is 2.56. The molecule has 0 fully saturated rings. The van der Waals surface area contributed by atoms with Crippen LogP contribution in [0.5, 0.6) is 0 Å². The highest BCUT2D eigenvalue weighted by Gasteiger charge is 2.25. The molecule has 0 spiro atoms. The van der Waals surface area contributed by atoms with Crippen LogP contribution >= 0.6 is 34.8 Å². The zero-order chi connectivity index (χ0) is 22.4. The minimum Gasteiger partial charge on any atom is -0.340 e. The van der Waals surface area contributed by atoms with Crippen LogP contribution in [-0.2, 0) is 4.79 Å². The monoisotopic (exact) mass is 470 g/mol. The van der Waals surface area contributed by atoms with Crippen molar-refractivity contribution in [1.82, 2.24) is 10.7 Å². The van der Waals surface area contributed by atoms with Gasteiger partial charge in [0.05, 0.1) is 21.7 Å². The summed E-state index contributed by atoms with van der Waals surface area (Å²) in [5.74, 6) is -1.39. The number of nitrogens with one attached hydrogen (secondary N) is 2. The molecule has 1 unspecified atom stereocenters. The molecule has 1 atom stereocenters. The Morgan fingerprint density at radius 1 is 1.10 bits per heavy atom. The summed E-state index contributed by atoms with van der Waals surface area (Å²) < 4.78 is 0. The van der Waals surface area contributed by atoms with E-state index in [-0.39, 0.29) is 32.8 Å². The summed E-state index contributed by atoms with van der Waals surface area (Å²) in [6.07, 6.45) is 1.18. The van der Waals surface area contributed by atoms with Crippen LogP contribution in [0.3, 0.4) is 0 Å². The van der Waals surface area contributed by atoms with Crippen molar-refractivity contribution in [3.8, 4) is 0 Å². The first-order chi connectivity index (χ1) is 14.1. The normalized spacial score (nSPS) is 12.1. The number of hydrogen-bond donors (Lipinski definition) is 2. The lowest BCUT2D eigenvalue weighted by Gasteiger charge is -2.20. The molecule has 2 aromatic rings. The smallest absolute Gasteiger partial charge is 0.270 e. The predicted molar refractivity (Wildman–Crippen MR) is 116 cm³/mol. The lowest BCUT2D eigenvalue weighted by Crippen LogP contribution is -2.48. The van der Waals surface area contributed by atoms with Crippen molar-refractivity contribution < 1.29 is 14.5 Å². The molecule has 0 aliphatic rings. The van der Waals surface area contributed by atoms with Gasteiger partial charge in [0, 0.05) is 27.7 Å². The highest BCUT2D eigenvalue weighted by molar-refractivity contribution is 6.36. The molecule has 0 bridgehead atoms. The second-order valence-electron chi connectivity index (χ2n) is 6.52. The predicted octanol–water partition coefficient (Wildman–Crippen LogP) is 4.46. The topological polar surface area (TPSA) is 114 Å². The van der Waals surface area contributed by atoms with E-state index < -0.39 is 22.8 Å². The number of non-ortho nitro benzene ring substituents is 1. The third-order valence-corrected chi connectivity index (χ3v) is 4.87. The Kier molecular flexibility index (Phi) is 8.16. The number of amides is 2. The van der Waals surface area contributed by atoms with Gasteiger partial charge in [-0.05, 0) is 30.2 Å². The number of halogens is 3. The van der Waals surface area contributed by atoms with Crippen LogP contribution in [0, 0.1) is 16.0 Å². The molecule has 0 aliphatic heterocycles. The minimum absolute atomic E-state index is 0.154. The summed E-state index contributed by atoms with van der Waals surface area (Å²) in [4.78, 5) is 35.3. The van der Waals surface area contributed by atoms with E-state index in [2.05, 4.69) is 15.8 Å². The van der Waals surface area contributed by atoms with Crippen molar-refractivity contribution in [2.45, 2.75) is 19.9 Å². The maximum absolute atomic E-state index is 12.5. The van der Waals surface area contributed by atoms with Crippen molar-refractivity contribution in [3.63, 3.8) is 0 Å². The molecule has 0 aromatic heterocycles. The third kappa shape index (κ3) is 6.16. The van der Waals surface area contributed by atoms with Gasteiger partial charge in [-0.25, -0.2) is 5.43 Å². The molecule has 11 heteroatoms. The highest BCUT2D eigenvalue weighted by Crippen LogP contribution is 2.22. The summed E-state index contributed by atoms with van der Waals surface area (Å²) in [7, 11) is 0. The Labute approximate surface area is 187 Å². The summed E-state index contributed by atoms with van der Waals surface area (Å²) in [6.45, 7) is 3.49. The van der Waals surface area contributed by atoms with Crippen molar-refractivity contribution in [3.05, 3.63) is 72.7 Å². The van der Waals surface area contributed by atoms with E-state index in [1.807, 2.05) is 0 Å². The largest absolute Gasteiger partial charge is 0.340 e. The van der Waals surface area contributed by atoms with Crippen LogP contribution in [-0.4, -0.2) is 29.0 Å². The lowest BCUT2D eigenvalue weighted by atomic mass is 10.0. The molecule has 8 nitrogen and oxygen atoms in total. The summed E-state index contributed by atoms with van der Waals surface area (Å²) >= 11 is 17.9. The average Bonchev–Trinajstić information content (AvgIpc) is 2.66. The Balaban J connectivity index is 2.11. The van der Waals surface area contributed by atoms with Crippen molar-refractivity contribution in [1.29, 1.82) is 0 Å². The lowest BCUT2D eigenvalue weighted by molar-refractivity contribution is -0.384. The number of carbonyl (C=O) groups is 2. The fraction of sp³-hybridized carbons (Fsp3) is 0.211. The van der Waals surface area contributed by atoms with Gasteiger partial charge in [-0.3, -0.25) is 19.7 Å². The Hall–Kier alpha value is -2.68. The third-order valence-electron chi connectivity index (χ3n) is 3.98. The van der Waals surface area contributed by atoms with E-state index in [4.69, 9.17) is 34.8 Å². The minimum atomic E-state index is -0.915. The zero-order valence-electron chi connectivity index (χ0n) is 15.9. The Bertz CT molecular complexity index is 1010. The standard InChI is InChI=1S/C19H17Cl3N4O4/c1-10(2)17(24-18(27)14-5-3-12(20)8-16(14)22)19(28)25-23-9-11-7-13(26(29)30)4-6-15(11)21/h3-10,17H,1-2H3,(H,24,27)(H,25,28). The Morgan fingerprint density at radius 3 is 2.40 bits per heavy atom. The van der Waals surface area contributed by atoms with Crippen molar-refractivity contribution >= 4 is 58.5 Å². The van der Waals surface area contributed by atoms with E-state index in [0.717, 1.165) is 0 Å². The second kappa shape index (κ2) is 10.4. The fourth-order valence-electron chi connectivity index (χ4n) is 2.41. The van der Waals surface area contributed by atoms with Crippen molar-refractivity contribution in [2.75, 3.05) is 0 Å². The van der Waals surface area contributed by atoms with Crippen molar-refractivity contribution in [2.24, 2.45) is 11.0 Å². The van der Waals surface area contributed by atoms with Gasteiger partial charge in [0.2, 0.25) is 0 Å². The number of nitrogens with zero attached hydrogens (tertiary/aromatic N) is 2. The van der Waals surface area contributed by atoms with Gasteiger partial charge in [-0.2, -0.15) is 5.10 Å². The molecule has 0 aliphatic carbocycles. The first-order valence-corrected chi connectivity index (χ1v) is 9.76. The van der Waals surface area contributed by atoms with Gasteiger partial charge in [0.1, 0.15) is 6.04 Å². The fourth-order valence-corrected chi connectivity index (χ4v) is 3.07. The SMILES string of the molecule is CC(C)C(NC(=O)c1ccc(Cl)cc1Cl)C(=O)NN=Cc1cc([N+](=O)[O-])ccc1Cl. The number of carbonyl (C=O) groups excluding carboxylic acids is 2. The molecular weight excluding hydrogens is 455 g/mol. The Morgan fingerprint density at radius 2 is 1.80 bits per heavy atom. The van der Waals surface area contributed by atoms with Crippen LogP contribution in [0.1, 0.15) is 29.8 Å². The van der Waals surface area contributed by atoms with Crippen LogP contribution < -0.4 is 10.7 Å². The molecule has 30 heavy (non-hydrogen) atoms. The van der Waals surface area contributed by atoms with Gasteiger partial charge in [-0.1, -0.05) is 48.7 Å². The molecule has 2 amide bonds. The van der Waals surface area contributed by atoms with E-state index >= 15 is 0 Å². The van der Waals surface area contributed by atoms with Gasteiger partial charge in [0.25, 0.3) is 17.5 Å². The molecule has 0 saturated heterocycles. The van der Waals surface area contributed by atoms with E-state index in [1.165, 1.54) is 42.6 Å². The van der Waals surface area contributed by atoms with E-state index in [9.17, 15) is 19.7 Å². The molecule has 0 radical (unpaired) electrons. The maximum Gasteiger partial charge on any atom is 0.270 e. The van der Waals surface area contributed by atoms with Gasteiger partial charge in [0.15, 0.2) is 0 Å². The molecule has 2 aromatic carbocycles. The molecule has 2 N–H and O–H groups in total. The first kappa shape index (κ1) is 23.6. The molecule has 0 heterocycles. The van der Waals surface area contributed by atoms with E-state index in [1.54, 1.807) is 13.8 Å². The molecule has 2 rings (SSSR count). The van der Waals surface area contributed by atoms with Gasteiger partial charge < -0.3 is 5.32 Å². The number of nitro benzene ring substituents is 1. The van der Waals surface area contributed by atoms with Crippen LogP contribution in [0.2, 0.25) is 15.1 Å². The summed E-state index contributed by atoms with van der Waals surface area (Å²) in [6, 6.07) is 7.32. The van der Waals surface area contributed by atoms with Crippen LogP contribution in [0.25, 0.3) is 0 Å². The molecule has 0 saturated carbocycles. The summed E-state index contributed by atoms with van der Waals surface area (Å²) in [5, 5.41) is 18.0. The second-order valence-corrected chi connectivity index (χ2v) is 7.77. The number of rotatable bonds is 7. The zero-order valence-corrected chi connectivity index (χ0v) is 18.1. The van der Waals surface area contributed by atoms with E-state index in [0.29, 0.717) is 5.02 Å². The van der Waals surface area contributed by atoms with Crippen LogP contribution in [0.4, 0.5) is 5.69 Å². The molecular formula is C19H17Cl3N4O4. The number of benzene rings is 2. The number of hydrogen-bond acceptors (Lipinski definition) is 5. The van der Waals surface area contributed by atoms with Gasteiger partial charge in [-0.15, -0.1) is 0 Å². The maximum atomic E-state index is 12.5. The average molecular weight is 472 g/mol. The van der Waals surface area contributed by atoms with Gasteiger partial charge >= 0.3 is 0 Å². The number of hydrazone groups is 1. The first-order valence-electron chi connectivity index (χ1n) is 8.63.